The normalized spacial score (nSPS) is 10.9. The van der Waals surface area contributed by atoms with E-state index in [9.17, 15) is 0 Å². The molecule has 0 amide bonds. The molecule has 3 heteroatoms. The van der Waals surface area contributed by atoms with Crippen LogP contribution in [0.2, 0.25) is 0 Å². The quantitative estimate of drug-likeness (QED) is 0.664. The fraction of sp³-hybridized carbons (Fsp3) is 0.235. The van der Waals surface area contributed by atoms with Gasteiger partial charge in [-0.05, 0) is 31.4 Å². The molecule has 3 rings (SSSR count). The second-order valence-electron chi connectivity index (χ2n) is 4.51. The SMILES string of the molecule is CCOc1ccc2cc3ccccc3c(OCC)c2n1. The van der Waals surface area contributed by atoms with E-state index in [4.69, 9.17) is 9.47 Å². The van der Waals surface area contributed by atoms with Crippen LogP contribution in [0.3, 0.4) is 0 Å². The van der Waals surface area contributed by atoms with Gasteiger partial charge in [-0.2, -0.15) is 0 Å². The van der Waals surface area contributed by atoms with Crippen molar-refractivity contribution in [3.63, 3.8) is 0 Å². The number of aromatic nitrogens is 1. The number of rotatable bonds is 4. The molecule has 3 nitrogen and oxygen atoms in total. The van der Waals surface area contributed by atoms with Gasteiger partial charge in [-0.15, -0.1) is 0 Å². The number of hydrogen-bond acceptors (Lipinski definition) is 3. The van der Waals surface area contributed by atoms with Crippen molar-refractivity contribution in [3.05, 3.63) is 42.5 Å². The first-order valence-electron chi connectivity index (χ1n) is 6.91. The molecule has 0 aliphatic heterocycles. The van der Waals surface area contributed by atoms with Crippen LogP contribution in [0.5, 0.6) is 11.6 Å². The Bertz CT molecular complexity index is 752. The average molecular weight is 267 g/mol. The molecule has 20 heavy (non-hydrogen) atoms. The Labute approximate surface area is 118 Å². The maximum atomic E-state index is 5.85. The summed E-state index contributed by atoms with van der Waals surface area (Å²) in [6.07, 6.45) is 0. The minimum atomic E-state index is 0.607. The van der Waals surface area contributed by atoms with E-state index in [2.05, 4.69) is 23.2 Å². The van der Waals surface area contributed by atoms with E-state index in [1.54, 1.807) is 0 Å². The van der Waals surface area contributed by atoms with E-state index in [-0.39, 0.29) is 0 Å². The second kappa shape index (κ2) is 5.37. The summed E-state index contributed by atoms with van der Waals surface area (Å²) in [6, 6.07) is 14.3. The van der Waals surface area contributed by atoms with E-state index in [1.165, 1.54) is 0 Å². The molecule has 1 aromatic heterocycles. The van der Waals surface area contributed by atoms with Crippen molar-refractivity contribution in [2.75, 3.05) is 13.2 Å². The molecule has 0 aliphatic carbocycles. The van der Waals surface area contributed by atoms with Crippen LogP contribution in [0, 0.1) is 0 Å². The third kappa shape index (κ3) is 2.16. The Morgan fingerprint density at radius 1 is 0.900 bits per heavy atom. The third-order valence-electron chi connectivity index (χ3n) is 3.21. The van der Waals surface area contributed by atoms with Crippen molar-refractivity contribution in [2.45, 2.75) is 13.8 Å². The van der Waals surface area contributed by atoms with Crippen LogP contribution < -0.4 is 9.47 Å². The predicted octanol–water partition coefficient (Wildman–Crippen LogP) is 4.19. The minimum Gasteiger partial charge on any atom is -0.491 e. The molecule has 0 aliphatic rings. The zero-order valence-electron chi connectivity index (χ0n) is 11.7. The number of ether oxygens (including phenoxy) is 2. The van der Waals surface area contributed by atoms with Crippen molar-refractivity contribution in [2.24, 2.45) is 0 Å². The van der Waals surface area contributed by atoms with Gasteiger partial charge in [-0.25, -0.2) is 4.98 Å². The van der Waals surface area contributed by atoms with Gasteiger partial charge in [0, 0.05) is 16.8 Å². The summed E-state index contributed by atoms with van der Waals surface area (Å²) in [7, 11) is 0. The topological polar surface area (TPSA) is 31.4 Å². The van der Waals surface area contributed by atoms with Gasteiger partial charge < -0.3 is 9.47 Å². The zero-order chi connectivity index (χ0) is 13.9. The molecule has 2 aromatic carbocycles. The lowest BCUT2D eigenvalue weighted by Gasteiger charge is -2.12. The summed E-state index contributed by atoms with van der Waals surface area (Å²) in [4.78, 5) is 4.59. The zero-order valence-corrected chi connectivity index (χ0v) is 11.7. The van der Waals surface area contributed by atoms with Crippen molar-refractivity contribution in [1.82, 2.24) is 4.98 Å². The van der Waals surface area contributed by atoms with E-state index < -0.39 is 0 Å². The Morgan fingerprint density at radius 2 is 1.70 bits per heavy atom. The van der Waals surface area contributed by atoms with Crippen molar-refractivity contribution in [3.8, 4) is 11.6 Å². The molecule has 0 radical (unpaired) electrons. The Balaban J connectivity index is 2.33. The van der Waals surface area contributed by atoms with Crippen molar-refractivity contribution < 1.29 is 9.47 Å². The predicted molar refractivity (Wildman–Crippen MR) is 81.6 cm³/mol. The van der Waals surface area contributed by atoms with Gasteiger partial charge >= 0.3 is 0 Å². The largest absolute Gasteiger partial charge is 0.491 e. The highest BCUT2D eigenvalue weighted by atomic mass is 16.5. The van der Waals surface area contributed by atoms with E-state index >= 15 is 0 Å². The van der Waals surface area contributed by atoms with Crippen LogP contribution in [-0.4, -0.2) is 18.2 Å². The average Bonchev–Trinajstić information content (AvgIpc) is 2.48. The highest BCUT2D eigenvalue weighted by molar-refractivity contribution is 6.03. The fourth-order valence-electron chi connectivity index (χ4n) is 2.39. The first-order valence-corrected chi connectivity index (χ1v) is 6.91. The number of hydrogen-bond donors (Lipinski definition) is 0. The molecule has 0 saturated carbocycles. The van der Waals surface area contributed by atoms with Crippen LogP contribution >= 0.6 is 0 Å². The lowest BCUT2D eigenvalue weighted by atomic mass is 10.1. The molecule has 0 saturated heterocycles. The van der Waals surface area contributed by atoms with Gasteiger partial charge in [0.25, 0.3) is 0 Å². The van der Waals surface area contributed by atoms with E-state index in [1.807, 2.05) is 38.1 Å². The monoisotopic (exact) mass is 267 g/mol. The number of benzene rings is 2. The lowest BCUT2D eigenvalue weighted by Crippen LogP contribution is -1.98. The van der Waals surface area contributed by atoms with Gasteiger partial charge in [0.15, 0.2) is 5.75 Å². The minimum absolute atomic E-state index is 0.607. The summed E-state index contributed by atoms with van der Waals surface area (Å²) < 4.78 is 11.3. The van der Waals surface area contributed by atoms with Crippen molar-refractivity contribution in [1.29, 1.82) is 0 Å². The Kier molecular flexibility index (Phi) is 3.42. The Morgan fingerprint density at radius 3 is 2.50 bits per heavy atom. The summed E-state index contributed by atoms with van der Waals surface area (Å²) in [6.45, 7) is 5.16. The smallest absolute Gasteiger partial charge is 0.213 e. The number of pyridine rings is 1. The van der Waals surface area contributed by atoms with Crippen LogP contribution in [0.15, 0.2) is 42.5 Å². The summed E-state index contributed by atoms with van der Waals surface area (Å²) in [5.41, 5.74) is 0.858. The van der Waals surface area contributed by atoms with Gasteiger partial charge in [0.05, 0.1) is 13.2 Å². The standard InChI is InChI=1S/C17H17NO2/c1-3-19-15-10-9-13-11-12-7-5-6-8-14(12)17(20-4-2)16(13)18-15/h5-11H,3-4H2,1-2H3. The number of nitrogens with zero attached hydrogens (tertiary/aromatic N) is 1. The Hall–Kier alpha value is -2.29. The molecule has 102 valence electrons. The molecule has 0 fully saturated rings. The fourth-order valence-corrected chi connectivity index (χ4v) is 2.39. The molecule has 0 N–H and O–H groups in total. The van der Waals surface area contributed by atoms with Crippen molar-refractivity contribution >= 4 is 21.7 Å². The van der Waals surface area contributed by atoms with E-state index in [0.29, 0.717) is 19.1 Å². The molecular formula is C17H17NO2. The molecular weight excluding hydrogens is 250 g/mol. The second-order valence-corrected chi connectivity index (χ2v) is 4.51. The molecule has 0 bridgehead atoms. The molecule has 3 aromatic rings. The molecule has 1 heterocycles. The molecule has 0 atom stereocenters. The van der Waals surface area contributed by atoms with Crippen LogP contribution in [0.4, 0.5) is 0 Å². The lowest BCUT2D eigenvalue weighted by molar-refractivity contribution is 0.326. The highest BCUT2D eigenvalue weighted by Gasteiger charge is 2.10. The van der Waals surface area contributed by atoms with Gasteiger partial charge in [-0.3, -0.25) is 0 Å². The van der Waals surface area contributed by atoms with Crippen LogP contribution in [0.25, 0.3) is 21.7 Å². The first kappa shape index (κ1) is 12.7. The maximum Gasteiger partial charge on any atom is 0.213 e. The first-order chi connectivity index (χ1) is 9.83. The summed E-state index contributed by atoms with van der Waals surface area (Å²) >= 11 is 0. The highest BCUT2D eigenvalue weighted by Crippen LogP contribution is 2.34. The summed E-state index contributed by atoms with van der Waals surface area (Å²) in [5.74, 6) is 1.47. The number of fused-ring (bicyclic) bond motifs is 2. The van der Waals surface area contributed by atoms with Gasteiger partial charge in [0.1, 0.15) is 5.52 Å². The molecule has 0 unspecified atom stereocenters. The van der Waals surface area contributed by atoms with Gasteiger partial charge in [-0.1, -0.05) is 24.3 Å². The third-order valence-corrected chi connectivity index (χ3v) is 3.21. The molecule has 0 spiro atoms. The van der Waals surface area contributed by atoms with Gasteiger partial charge in [0.2, 0.25) is 5.88 Å². The van der Waals surface area contributed by atoms with Crippen LogP contribution in [0.1, 0.15) is 13.8 Å². The summed E-state index contributed by atoms with van der Waals surface area (Å²) in [5, 5.41) is 3.31. The van der Waals surface area contributed by atoms with E-state index in [0.717, 1.165) is 27.4 Å². The van der Waals surface area contributed by atoms with Crippen LogP contribution in [-0.2, 0) is 0 Å². The maximum absolute atomic E-state index is 5.85.